The summed E-state index contributed by atoms with van der Waals surface area (Å²) in [6, 6.07) is 6.54. The second-order valence-corrected chi connectivity index (χ2v) is 9.91. The fourth-order valence-corrected chi connectivity index (χ4v) is 5.98. The molecule has 0 saturated carbocycles. The van der Waals surface area contributed by atoms with E-state index in [9.17, 15) is 9.59 Å². The highest BCUT2D eigenvalue weighted by molar-refractivity contribution is 8.26. The van der Waals surface area contributed by atoms with Crippen molar-refractivity contribution in [2.75, 3.05) is 13.1 Å². The lowest BCUT2D eigenvalue weighted by Gasteiger charge is -2.33. The number of thiocarbonyl (C=S) groups is 1. The van der Waals surface area contributed by atoms with Gasteiger partial charge in [0.15, 0.2) is 0 Å². The summed E-state index contributed by atoms with van der Waals surface area (Å²) >= 11 is 6.71. The number of hydrogen-bond acceptors (Lipinski definition) is 4. The van der Waals surface area contributed by atoms with Gasteiger partial charge in [0, 0.05) is 36.3 Å². The number of thioether (sulfide) groups is 1. The van der Waals surface area contributed by atoms with Crippen LogP contribution in [0.25, 0.3) is 17.0 Å². The molecule has 2 amide bonds. The third-order valence-electron chi connectivity index (χ3n) is 6.30. The Hall–Kier alpha value is -2.12. The Kier molecular flexibility index (Phi) is 6.53. The highest BCUT2D eigenvalue weighted by Crippen LogP contribution is 2.35. The van der Waals surface area contributed by atoms with E-state index in [1.165, 1.54) is 23.7 Å². The number of carbonyl (C=O) groups is 2. The van der Waals surface area contributed by atoms with Crippen molar-refractivity contribution < 1.29 is 9.59 Å². The molecule has 4 rings (SSSR count). The van der Waals surface area contributed by atoms with Crippen LogP contribution >= 0.6 is 24.0 Å². The summed E-state index contributed by atoms with van der Waals surface area (Å²) in [6.45, 7) is 7.94. The van der Waals surface area contributed by atoms with Crippen LogP contribution in [0.1, 0.15) is 51.2 Å². The molecule has 1 aromatic heterocycles. The molecule has 1 atom stereocenters. The number of likely N-dealkylation sites (N-methyl/N-ethyl adjacent to an activating group) is 1. The van der Waals surface area contributed by atoms with Crippen molar-refractivity contribution in [1.29, 1.82) is 0 Å². The van der Waals surface area contributed by atoms with Gasteiger partial charge >= 0.3 is 0 Å². The Morgan fingerprint density at radius 2 is 2.10 bits per heavy atom. The summed E-state index contributed by atoms with van der Waals surface area (Å²) in [6.07, 6.45) is 8.18. The van der Waals surface area contributed by atoms with E-state index in [1.807, 2.05) is 24.1 Å². The van der Waals surface area contributed by atoms with E-state index in [-0.39, 0.29) is 11.8 Å². The highest BCUT2D eigenvalue weighted by Gasteiger charge is 2.31. The van der Waals surface area contributed by atoms with Gasteiger partial charge in [-0.05, 0) is 51.2 Å². The van der Waals surface area contributed by atoms with Crippen molar-refractivity contribution in [3.05, 3.63) is 40.4 Å². The molecule has 0 bridgehead atoms. The third-order valence-corrected chi connectivity index (χ3v) is 7.68. The number of piperidine rings is 1. The lowest BCUT2D eigenvalue weighted by atomic mass is 10.0. The molecule has 7 heteroatoms. The van der Waals surface area contributed by atoms with Gasteiger partial charge in [0.2, 0.25) is 5.91 Å². The summed E-state index contributed by atoms with van der Waals surface area (Å²) in [5, 5.41) is 1.07. The first-order chi connectivity index (χ1) is 14.9. The summed E-state index contributed by atoms with van der Waals surface area (Å²) < 4.78 is 2.68. The van der Waals surface area contributed by atoms with E-state index in [4.69, 9.17) is 12.2 Å². The van der Waals surface area contributed by atoms with Crippen LogP contribution < -0.4 is 0 Å². The number of fused-ring (bicyclic) bond motifs is 1. The smallest absolute Gasteiger partial charge is 0.266 e. The summed E-state index contributed by atoms with van der Waals surface area (Å²) in [5.74, 6) is 0.127. The average Bonchev–Trinajstić information content (AvgIpc) is 3.24. The van der Waals surface area contributed by atoms with E-state index in [2.05, 4.69) is 36.6 Å². The Labute approximate surface area is 193 Å². The first-order valence-electron chi connectivity index (χ1n) is 11.1. The lowest BCUT2D eigenvalue weighted by Crippen LogP contribution is -2.43. The minimum absolute atomic E-state index is 0.0386. The minimum atomic E-state index is -0.0386. The van der Waals surface area contributed by atoms with Crippen molar-refractivity contribution in [3.63, 3.8) is 0 Å². The van der Waals surface area contributed by atoms with E-state index < -0.39 is 0 Å². The van der Waals surface area contributed by atoms with Crippen LogP contribution in [-0.2, 0) is 22.6 Å². The molecule has 5 nitrogen and oxygen atoms in total. The quantitative estimate of drug-likeness (QED) is 0.479. The maximum absolute atomic E-state index is 13.2. The second-order valence-electron chi connectivity index (χ2n) is 8.24. The maximum Gasteiger partial charge on any atom is 0.266 e. The standard InChI is InChI=1S/C24H29N3O2S2/c1-4-17-10-8-11-19-18(13-20-23(29)26(5-2)24(30)31-20)14-25(22(17)19)15-21(28)27-12-7-6-9-16(27)3/h8,10-11,13-14,16H,4-7,9,12,15H2,1-3H3/b20-13-/t16-/m1/s1. The first kappa shape index (κ1) is 22.1. The molecular weight excluding hydrogens is 426 g/mol. The molecule has 2 aromatic rings. The Balaban J connectivity index is 1.73. The number of aryl methyl sites for hydroxylation is 1. The van der Waals surface area contributed by atoms with Crippen LogP contribution in [0, 0.1) is 0 Å². The Morgan fingerprint density at radius 1 is 1.29 bits per heavy atom. The molecule has 31 heavy (non-hydrogen) atoms. The first-order valence-corrected chi connectivity index (χ1v) is 12.3. The van der Waals surface area contributed by atoms with Crippen molar-refractivity contribution in [3.8, 4) is 0 Å². The number of rotatable bonds is 5. The SMILES string of the molecule is CCc1cccc2c(/C=C3\SC(=S)N(CC)C3=O)cn(CC(=O)N3CCCC[C@H]3C)c12. The number of hydrogen-bond donors (Lipinski definition) is 0. The summed E-state index contributed by atoms with van der Waals surface area (Å²) in [7, 11) is 0. The number of nitrogens with zero attached hydrogens (tertiary/aromatic N) is 3. The fourth-order valence-electron chi connectivity index (χ4n) is 4.61. The molecule has 0 radical (unpaired) electrons. The number of para-hydroxylation sites is 1. The monoisotopic (exact) mass is 455 g/mol. The molecule has 0 spiro atoms. The predicted molar refractivity (Wildman–Crippen MR) is 132 cm³/mol. The van der Waals surface area contributed by atoms with Crippen LogP contribution in [0.2, 0.25) is 0 Å². The zero-order chi connectivity index (χ0) is 22.1. The van der Waals surface area contributed by atoms with Crippen LogP contribution in [-0.4, -0.2) is 49.6 Å². The van der Waals surface area contributed by atoms with Crippen molar-refractivity contribution in [2.24, 2.45) is 0 Å². The van der Waals surface area contributed by atoms with Gasteiger partial charge < -0.3 is 9.47 Å². The normalized spacial score (nSPS) is 21.0. The van der Waals surface area contributed by atoms with E-state index in [0.29, 0.717) is 28.4 Å². The predicted octanol–water partition coefficient (Wildman–Crippen LogP) is 4.83. The zero-order valence-corrected chi connectivity index (χ0v) is 20.0. The Bertz CT molecular complexity index is 1070. The highest BCUT2D eigenvalue weighted by atomic mass is 32.2. The molecule has 0 N–H and O–H groups in total. The van der Waals surface area contributed by atoms with Crippen molar-refractivity contribution >= 4 is 57.1 Å². The largest absolute Gasteiger partial charge is 0.338 e. The van der Waals surface area contributed by atoms with Gasteiger partial charge in [-0.25, -0.2) is 0 Å². The molecule has 1 aromatic carbocycles. The van der Waals surface area contributed by atoms with Gasteiger partial charge in [0.25, 0.3) is 5.91 Å². The topological polar surface area (TPSA) is 45.6 Å². The van der Waals surface area contributed by atoms with Crippen molar-refractivity contribution in [1.82, 2.24) is 14.4 Å². The molecule has 3 heterocycles. The number of benzene rings is 1. The number of likely N-dealkylation sites (tertiary alicyclic amines) is 1. The molecule has 0 aliphatic carbocycles. The molecule has 0 unspecified atom stereocenters. The van der Waals surface area contributed by atoms with E-state index in [0.717, 1.165) is 42.3 Å². The molecular formula is C24H29N3O2S2. The fraction of sp³-hybridized carbons (Fsp3) is 0.458. The average molecular weight is 456 g/mol. The van der Waals surface area contributed by atoms with Crippen LogP contribution in [0.5, 0.6) is 0 Å². The van der Waals surface area contributed by atoms with Crippen molar-refractivity contribution in [2.45, 2.75) is 59.0 Å². The third kappa shape index (κ3) is 4.17. The van der Waals surface area contributed by atoms with Gasteiger partial charge in [-0.3, -0.25) is 14.5 Å². The van der Waals surface area contributed by atoms with Gasteiger partial charge in [-0.2, -0.15) is 0 Å². The lowest BCUT2D eigenvalue weighted by molar-refractivity contribution is -0.135. The van der Waals surface area contributed by atoms with Crippen LogP contribution in [0.15, 0.2) is 29.3 Å². The van der Waals surface area contributed by atoms with Crippen LogP contribution in [0.3, 0.4) is 0 Å². The van der Waals surface area contributed by atoms with Crippen LogP contribution in [0.4, 0.5) is 0 Å². The zero-order valence-electron chi connectivity index (χ0n) is 18.4. The second kappa shape index (κ2) is 9.17. The molecule has 2 aliphatic heterocycles. The van der Waals surface area contributed by atoms with E-state index in [1.54, 1.807) is 4.90 Å². The molecule has 2 aliphatic rings. The number of aromatic nitrogens is 1. The van der Waals surface area contributed by atoms with Gasteiger partial charge in [-0.1, -0.05) is 49.1 Å². The Morgan fingerprint density at radius 3 is 2.77 bits per heavy atom. The summed E-state index contributed by atoms with van der Waals surface area (Å²) in [5.41, 5.74) is 3.25. The van der Waals surface area contributed by atoms with E-state index >= 15 is 0 Å². The van der Waals surface area contributed by atoms with Gasteiger partial charge in [-0.15, -0.1) is 0 Å². The number of amides is 2. The van der Waals surface area contributed by atoms with Gasteiger partial charge in [0.05, 0.1) is 10.4 Å². The summed E-state index contributed by atoms with van der Waals surface area (Å²) in [4.78, 5) is 30.2. The molecule has 2 fully saturated rings. The maximum atomic E-state index is 13.2. The molecule has 164 valence electrons. The van der Waals surface area contributed by atoms with Gasteiger partial charge in [0.1, 0.15) is 10.9 Å². The number of carbonyl (C=O) groups excluding carboxylic acids is 2. The molecule has 2 saturated heterocycles. The minimum Gasteiger partial charge on any atom is -0.338 e.